The van der Waals surface area contributed by atoms with Crippen LogP contribution in [0, 0.1) is 6.92 Å². The van der Waals surface area contributed by atoms with Gasteiger partial charge in [0.25, 0.3) is 11.8 Å². The number of ether oxygens (including phenoxy) is 2. The van der Waals surface area contributed by atoms with E-state index in [2.05, 4.69) is 5.32 Å². The highest BCUT2D eigenvalue weighted by Crippen LogP contribution is 2.33. The molecule has 0 radical (unpaired) electrons. The topological polar surface area (TPSA) is 67.9 Å². The van der Waals surface area contributed by atoms with Gasteiger partial charge < -0.3 is 14.8 Å². The lowest BCUT2D eigenvalue weighted by atomic mass is 10.0. The first-order valence-electron chi connectivity index (χ1n) is 9.71. The minimum atomic E-state index is -0.394. The number of benzene rings is 2. The zero-order valence-corrected chi connectivity index (χ0v) is 18.2. The van der Waals surface area contributed by atoms with Crippen molar-refractivity contribution in [3.63, 3.8) is 0 Å². The van der Waals surface area contributed by atoms with Gasteiger partial charge in [0.15, 0.2) is 0 Å². The van der Waals surface area contributed by atoms with Gasteiger partial charge in [0.2, 0.25) is 0 Å². The van der Waals surface area contributed by atoms with Gasteiger partial charge in [0.1, 0.15) is 11.4 Å². The fourth-order valence-corrected chi connectivity index (χ4v) is 3.41. The van der Waals surface area contributed by atoms with Crippen molar-refractivity contribution in [2.45, 2.75) is 26.9 Å². The fraction of sp³-hybridized carbons (Fsp3) is 0.304. The lowest BCUT2D eigenvalue weighted by Crippen LogP contribution is -2.35. The third-order valence-electron chi connectivity index (χ3n) is 4.70. The van der Waals surface area contributed by atoms with Gasteiger partial charge in [-0.05, 0) is 44.5 Å². The average Bonchev–Trinajstić information content (AvgIpc) is 2.93. The number of carbonyl (C=O) groups excluding carboxylic acids is 2. The average molecular weight is 429 g/mol. The molecule has 0 bridgehead atoms. The first-order chi connectivity index (χ1) is 14.3. The molecule has 0 atom stereocenters. The van der Waals surface area contributed by atoms with Gasteiger partial charge in [-0.25, -0.2) is 0 Å². The molecule has 0 fully saturated rings. The van der Waals surface area contributed by atoms with E-state index in [0.717, 1.165) is 5.56 Å². The Bertz CT molecular complexity index is 983. The maximum Gasteiger partial charge on any atom is 0.278 e. The van der Waals surface area contributed by atoms with Gasteiger partial charge in [0.05, 0.1) is 37.0 Å². The van der Waals surface area contributed by atoms with E-state index in [4.69, 9.17) is 21.1 Å². The van der Waals surface area contributed by atoms with Crippen molar-refractivity contribution in [3.05, 3.63) is 64.3 Å². The maximum absolute atomic E-state index is 13.2. The molecule has 2 aromatic carbocycles. The lowest BCUT2D eigenvalue weighted by Gasteiger charge is -2.16. The van der Waals surface area contributed by atoms with Crippen LogP contribution in [0.25, 0.3) is 5.57 Å². The van der Waals surface area contributed by atoms with Gasteiger partial charge >= 0.3 is 0 Å². The Morgan fingerprint density at radius 2 is 1.77 bits per heavy atom. The lowest BCUT2D eigenvalue weighted by molar-refractivity contribution is -0.137. The van der Waals surface area contributed by atoms with Crippen LogP contribution in [0.5, 0.6) is 5.75 Å². The van der Waals surface area contributed by atoms with Crippen LogP contribution in [-0.2, 0) is 14.3 Å². The Balaban J connectivity index is 1.96. The third kappa shape index (κ3) is 4.66. The number of halogens is 1. The van der Waals surface area contributed by atoms with Crippen LogP contribution in [-0.4, -0.2) is 43.1 Å². The normalized spacial score (nSPS) is 14.1. The fourth-order valence-electron chi connectivity index (χ4n) is 3.15. The van der Waals surface area contributed by atoms with E-state index in [0.29, 0.717) is 27.6 Å². The second kappa shape index (κ2) is 9.32. The first-order valence-corrected chi connectivity index (χ1v) is 10.1. The SMILES string of the molecule is COc1ccc(NC2=C(c3ccc(C)cc3)C(=O)N(CCOC(C)C)C2=O)cc1Cl. The van der Waals surface area contributed by atoms with Gasteiger partial charge in [0, 0.05) is 5.69 Å². The maximum atomic E-state index is 13.2. The molecule has 0 unspecified atom stereocenters. The third-order valence-corrected chi connectivity index (χ3v) is 4.99. The molecule has 2 amide bonds. The zero-order chi connectivity index (χ0) is 21.8. The summed E-state index contributed by atoms with van der Waals surface area (Å²) in [6.07, 6.45) is 0.0152. The Morgan fingerprint density at radius 3 is 2.37 bits per heavy atom. The highest BCUT2D eigenvalue weighted by molar-refractivity contribution is 6.36. The largest absolute Gasteiger partial charge is 0.495 e. The van der Waals surface area contributed by atoms with Crippen molar-refractivity contribution in [1.82, 2.24) is 4.90 Å². The summed E-state index contributed by atoms with van der Waals surface area (Å²) in [5.74, 6) is -0.218. The molecule has 1 aliphatic heterocycles. The Labute approximate surface area is 181 Å². The second-order valence-corrected chi connectivity index (χ2v) is 7.68. The number of hydrogen-bond acceptors (Lipinski definition) is 5. The molecule has 158 valence electrons. The van der Waals surface area contributed by atoms with Crippen LogP contribution in [0.4, 0.5) is 5.69 Å². The number of methoxy groups -OCH3 is 1. The van der Waals surface area contributed by atoms with Gasteiger partial charge in [-0.1, -0.05) is 41.4 Å². The second-order valence-electron chi connectivity index (χ2n) is 7.27. The van der Waals surface area contributed by atoms with E-state index in [-0.39, 0.29) is 30.9 Å². The van der Waals surface area contributed by atoms with E-state index >= 15 is 0 Å². The molecule has 0 spiro atoms. The minimum absolute atomic E-state index is 0.0152. The molecule has 7 heteroatoms. The van der Waals surface area contributed by atoms with E-state index in [1.807, 2.05) is 45.0 Å². The highest BCUT2D eigenvalue weighted by Gasteiger charge is 2.39. The minimum Gasteiger partial charge on any atom is -0.495 e. The van der Waals surface area contributed by atoms with Crippen molar-refractivity contribution in [2.75, 3.05) is 25.6 Å². The summed E-state index contributed by atoms with van der Waals surface area (Å²) in [6.45, 7) is 6.24. The number of nitrogens with zero attached hydrogens (tertiary/aromatic N) is 1. The molecule has 1 aliphatic rings. The number of amides is 2. The summed E-state index contributed by atoms with van der Waals surface area (Å²) in [6, 6.07) is 12.6. The molecule has 3 rings (SSSR count). The van der Waals surface area contributed by atoms with Crippen molar-refractivity contribution < 1.29 is 19.1 Å². The van der Waals surface area contributed by atoms with Crippen LogP contribution in [0.2, 0.25) is 5.02 Å². The standard InChI is InChI=1S/C23H25ClN2O4/c1-14(2)30-12-11-26-22(27)20(16-7-5-15(3)6-8-16)21(23(26)28)25-17-9-10-19(29-4)18(24)13-17/h5-10,13-14,25H,11-12H2,1-4H3. The number of imide groups is 1. The molecule has 30 heavy (non-hydrogen) atoms. The number of anilines is 1. The smallest absolute Gasteiger partial charge is 0.278 e. The number of aryl methyl sites for hydroxylation is 1. The summed E-state index contributed by atoms with van der Waals surface area (Å²) in [7, 11) is 1.53. The quantitative estimate of drug-likeness (QED) is 0.636. The zero-order valence-electron chi connectivity index (χ0n) is 17.5. The molecule has 6 nitrogen and oxygen atoms in total. The molecular weight excluding hydrogens is 404 g/mol. The predicted octanol–water partition coefficient (Wildman–Crippen LogP) is 4.27. The predicted molar refractivity (Wildman–Crippen MR) is 118 cm³/mol. The summed E-state index contributed by atoms with van der Waals surface area (Å²) < 4.78 is 10.7. The first kappa shape index (κ1) is 21.9. The van der Waals surface area contributed by atoms with E-state index < -0.39 is 5.91 Å². The van der Waals surface area contributed by atoms with Crippen molar-refractivity contribution in [3.8, 4) is 5.75 Å². The highest BCUT2D eigenvalue weighted by atomic mass is 35.5. The summed E-state index contributed by atoms with van der Waals surface area (Å²) in [4.78, 5) is 27.5. The van der Waals surface area contributed by atoms with E-state index in [1.54, 1.807) is 18.2 Å². The summed E-state index contributed by atoms with van der Waals surface area (Å²) in [5, 5.41) is 3.49. The molecule has 2 aromatic rings. The van der Waals surface area contributed by atoms with Crippen molar-refractivity contribution in [2.24, 2.45) is 0 Å². The number of rotatable bonds is 8. The molecule has 1 N–H and O–H groups in total. The Kier molecular flexibility index (Phi) is 6.80. The molecule has 1 heterocycles. The van der Waals surface area contributed by atoms with Crippen LogP contribution in [0.3, 0.4) is 0 Å². The van der Waals surface area contributed by atoms with Gasteiger partial charge in [-0.15, -0.1) is 0 Å². The van der Waals surface area contributed by atoms with Gasteiger partial charge in [-0.2, -0.15) is 0 Å². The molecule has 0 aliphatic carbocycles. The van der Waals surface area contributed by atoms with E-state index in [9.17, 15) is 9.59 Å². The van der Waals surface area contributed by atoms with Crippen molar-refractivity contribution in [1.29, 1.82) is 0 Å². The monoisotopic (exact) mass is 428 g/mol. The van der Waals surface area contributed by atoms with Crippen LogP contribution in [0.15, 0.2) is 48.2 Å². The number of carbonyl (C=O) groups is 2. The molecule has 0 saturated heterocycles. The Hall–Kier alpha value is -2.83. The summed E-state index contributed by atoms with van der Waals surface area (Å²) >= 11 is 6.22. The van der Waals surface area contributed by atoms with Crippen LogP contribution in [0.1, 0.15) is 25.0 Å². The van der Waals surface area contributed by atoms with Crippen LogP contribution < -0.4 is 10.1 Å². The summed E-state index contributed by atoms with van der Waals surface area (Å²) in [5.41, 5.74) is 2.87. The molecule has 0 aromatic heterocycles. The van der Waals surface area contributed by atoms with Crippen molar-refractivity contribution >= 4 is 34.7 Å². The number of hydrogen-bond donors (Lipinski definition) is 1. The molecule has 0 saturated carbocycles. The molecular formula is C23H25ClN2O4. The van der Waals surface area contributed by atoms with E-state index in [1.165, 1.54) is 12.0 Å². The number of nitrogens with one attached hydrogen (secondary N) is 1. The van der Waals surface area contributed by atoms with Gasteiger partial charge in [-0.3, -0.25) is 14.5 Å². The van der Waals surface area contributed by atoms with Crippen LogP contribution >= 0.6 is 11.6 Å². The Morgan fingerprint density at radius 1 is 1.07 bits per heavy atom.